The minimum Gasteiger partial charge on any atom is -0.475 e. The zero-order chi connectivity index (χ0) is 25.6. The summed E-state index contributed by atoms with van der Waals surface area (Å²) in [6, 6.07) is 9.49. The smallest absolute Gasteiger partial charge is 0.221 e. The fourth-order valence-corrected chi connectivity index (χ4v) is 6.25. The van der Waals surface area contributed by atoms with Crippen LogP contribution in [0.2, 0.25) is 25.7 Å². The fraction of sp³-hybridized carbons (Fsp3) is 0.423. The first-order valence-corrected chi connectivity index (χ1v) is 16.6. The van der Waals surface area contributed by atoms with Crippen LogP contribution in [0.1, 0.15) is 15.4 Å². The quantitative estimate of drug-likeness (QED) is 0.266. The molecule has 0 saturated heterocycles. The predicted octanol–water partition coefficient (Wildman–Crippen LogP) is 5.18. The number of pyridine rings is 1. The van der Waals surface area contributed by atoms with Crippen LogP contribution in [0, 0.1) is 25.2 Å². The Balaban J connectivity index is 1.76. The summed E-state index contributed by atoms with van der Waals surface area (Å²) >= 11 is 1.49. The Morgan fingerprint density at radius 3 is 2.86 bits per heavy atom. The minimum atomic E-state index is -1.25. The second kappa shape index (κ2) is 9.48. The lowest BCUT2D eigenvalue weighted by Gasteiger charge is -2.21. The van der Waals surface area contributed by atoms with Gasteiger partial charge in [-0.1, -0.05) is 19.6 Å². The highest BCUT2D eigenvalue weighted by atomic mass is 32.1. The number of nitriles is 1. The van der Waals surface area contributed by atoms with Gasteiger partial charge in [-0.25, -0.2) is 9.67 Å². The van der Waals surface area contributed by atoms with Crippen LogP contribution in [-0.4, -0.2) is 51.8 Å². The molecule has 5 heterocycles. The molecule has 1 aliphatic heterocycles. The summed E-state index contributed by atoms with van der Waals surface area (Å²) in [6.45, 7) is 12.6. The topological polar surface area (TPSA) is 98.1 Å². The summed E-state index contributed by atoms with van der Waals surface area (Å²) < 4.78 is 16.1. The summed E-state index contributed by atoms with van der Waals surface area (Å²) in [4.78, 5) is 6.47. The van der Waals surface area contributed by atoms with E-state index in [4.69, 9.17) is 19.6 Å². The van der Waals surface area contributed by atoms with Gasteiger partial charge in [0.1, 0.15) is 36.0 Å². The standard InChI is InChI=1S/C26H31N5O3SSi/c1-16-11-20(21(12-27)35-16)23-19-7-6-8-28-25(19)30(15-33-9-10-36(3,4)5)24(23)22-17(2)29-31-13-18(32)14-34-26(22)31/h6-8,11,18,32H,9-10,13-15H2,1-5H3/t18-/m0/s1. The van der Waals surface area contributed by atoms with Crippen LogP contribution in [-0.2, 0) is 18.0 Å². The van der Waals surface area contributed by atoms with Crippen molar-refractivity contribution in [3.63, 3.8) is 0 Å². The molecule has 188 valence electrons. The summed E-state index contributed by atoms with van der Waals surface area (Å²) in [6.07, 6.45) is 1.18. The lowest BCUT2D eigenvalue weighted by atomic mass is 9.99. The summed E-state index contributed by atoms with van der Waals surface area (Å²) in [7, 11) is -1.25. The number of nitrogens with zero attached hydrogens (tertiary/aromatic N) is 5. The summed E-state index contributed by atoms with van der Waals surface area (Å²) in [5.41, 5.74) is 5.11. The zero-order valence-corrected chi connectivity index (χ0v) is 23.1. The Hall–Kier alpha value is -2.97. The second-order valence-corrected chi connectivity index (χ2v) is 17.4. The molecule has 5 rings (SSSR count). The molecule has 8 nitrogen and oxygen atoms in total. The van der Waals surface area contributed by atoms with Gasteiger partial charge < -0.3 is 19.1 Å². The lowest BCUT2D eigenvalue weighted by Crippen LogP contribution is -2.30. The van der Waals surface area contributed by atoms with E-state index in [0.29, 0.717) is 30.6 Å². The van der Waals surface area contributed by atoms with Crippen LogP contribution < -0.4 is 4.74 Å². The highest BCUT2D eigenvalue weighted by molar-refractivity contribution is 7.13. The molecule has 0 bridgehead atoms. The third-order valence-electron chi connectivity index (χ3n) is 6.38. The van der Waals surface area contributed by atoms with Crippen LogP contribution in [0.15, 0.2) is 24.4 Å². The van der Waals surface area contributed by atoms with Crippen molar-refractivity contribution in [1.29, 1.82) is 5.26 Å². The molecular formula is C26H31N5O3SSi. The number of aryl methyl sites for hydroxylation is 2. The number of aromatic nitrogens is 4. The average Bonchev–Trinajstić information content (AvgIpc) is 3.45. The van der Waals surface area contributed by atoms with Crippen molar-refractivity contribution < 1.29 is 14.6 Å². The molecular weight excluding hydrogens is 490 g/mol. The molecule has 0 unspecified atom stereocenters. The van der Waals surface area contributed by atoms with E-state index in [2.05, 4.69) is 36.3 Å². The maximum absolute atomic E-state index is 10.2. The van der Waals surface area contributed by atoms with Crippen LogP contribution in [0.3, 0.4) is 0 Å². The Morgan fingerprint density at radius 2 is 2.11 bits per heavy atom. The number of rotatable bonds is 7. The van der Waals surface area contributed by atoms with Crippen molar-refractivity contribution in [2.75, 3.05) is 13.2 Å². The zero-order valence-electron chi connectivity index (χ0n) is 21.3. The molecule has 10 heteroatoms. The molecule has 1 aliphatic rings. The van der Waals surface area contributed by atoms with Gasteiger partial charge in [-0.2, -0.15) is 10.4 Å². The number of hydrogen-bond acceptors (Lipinski definition) is 7. The summed E-state index contributed by atoms with van der Waals surface area (Å²) in [5.74, 6) is 0.621. The first kappa shape index (κ1) is 24.7. The first-order chi connectivity index (χ1) is 17.2. The Bertz CT molecular complexity index is 1470. The van der Waals surface area contributed by atoms with Gasteiger partial charge in [0.2, 0.25) is 5.88 Å². The predicted molar refractivity (Wildman–Crippen MR) is 144 cm³/mol. The van der Waals surface area contributed by atoms with Gasteiger partial charge in [0.05, 0.1) is 23.5 Å². The van der Waals surface area contributed by atoms with Crippen molar-refractivity contribution in [3.8, 4) is 34.3 Å². The van der Waals surface area contributed by atoms with Gasteiger partial charge in [0, 0.05) is 42.3 Å². The van der Waals surface area contributed by atoms with Crippen molar-refractivity contribution in [1.82, 2.24) is 19.3 Å². The second-order valence-electron chi connectivity index (χ2n) is 10.5. The van der Waals surface area contributed by atoms with Gasteiger partial charge in [-0.05, 0) is 38.1 Å². The van der Waals surface area contributed by atoms with Crippen LogP contribution in [0.25, 0.3) is 33.4 Å². The normalized spacial score (nSPS) is 15.6. The SMILES string of the molecule is Cc1cc(-c2c(-c3c(C)nn4c3OC[C@@H](O)C4)n(COCC[Si](C)(C)C)c3ncccc23)c(C#N)s1. The molecule has 0 saturated carbocycles. The molecule has 4 aromatic heterocycles. The molecule has 0 aliphatic carbocycles. The number of fused-ring (bicyclic) bond motifs is 2. The molecule has 36 heavy (non-hydrogen) atoms. The van der Waals surface area contributed by atoms with E-state index >= 15 is 0 Å². The van der Waals surface area contributed by atoms with E-state index in [1.165, 1.54) is 11.3 Å². The van der Waals surface area contributed by atoms with Crippen LogP contribution >= 0.6 is 11.3 Å². The molecule has 0 amide bonds. The number of ether oxygens (including phenoxy) is 2. The average molecular weight is 522 g/mol. The lowest BCUT2D eigenvalue weighted by molar-refractivity contribution is 0.0560. The number of aliphatic hydroxyl groups excluding tert-OH is 1. The largest absolute Gasteiger partial charge is 0.475 e. The number of aliphatic hydroxyl groups is 1. The van der Waals surface area contributed by atoms with Gasteiger partial charge >= 0.3 is 0 Å². The van der Waals surface area contributed by atoms with E-state index in [-0.39, 0.29) is 6.61 Å². The molecule has 0 fully saturated rings. The molecule has 0 aromatic carbocycles. The maximum Gasteiger partial charge on any atom is 0.221 e. The Labute approximate surface area is 215 Å². The summed E-state index contributed by atoms with van der Waals surface area (Å²) in [5, 5.41) is 25.8. The van der Waals surface area contributed by atoms with Crippen LogP contribution in [0.5, 0.6) is 5.88 Å². The first-order valence-electron chi connectivity index (χ1n) is 12.1. The van der Waals surface area contributed by atoms with Crippen molar-refractivity contribution >= 4 is 30.4 Å². The van der Waals surface area contributed by atoms with Gasteiger partial charge in [0.25, 0.3) is 0 Å². The van der Waals surface area contributed by atoms with Gasteiger partial charge in [-0.3, -0.25) is 0 Å². The van der Waals surface area contributed by atoms with Gasteiger partial charge in [0.15, 0.2) is 0 Å². The van der Waals surface area contributed by atoms with E-state index in [0.717, 1.165) is 50.0 Å². The van der Waals surface area contributed by atoms with Crippen molar-refractivity contribution in [2.45, 2.75) is 58.9 Å². The molecule has 1 atom stereocenters. The van der Waals surface area contributed by atoms with E-state index < -0.39 is 14.2 Å². The van der Waals surface area contributed by atoms with Crippen molar-refractivity contribution in [3.05, 3.63) is 39.8 Å². The van der Waals surface area contributed by atoms with E-state index in [1.54, 1.807) is 10.9 Å². The van der Waals surface area contributed by atoms with Gasteiger partial charge in [-0.15, -0.1) is 11.3 Å². The Morgan fingerprint density at radius 1 is 1.31 bits per heavy atom. The maximum atomic E-state index is 10.2. The molecule has 0 radical (unpaired) electrons. The third kappa shape index (κ3) is 4.48. The number of hydrogen-bond donors (Lipinski definition) is 1. The highest BCUT2D eigenvalue weighted by Crippen LogP contribution is 2.47. The van der Waals surface area contributed by atoms with E-state index in [9.17, 15) is 10.4 Å². The van der Waals surface area contributed by atoms with Crippen LogP contribution in [0.4, 0.5) is 0 Å². The molecule has 1 N–H and O–H groups in total. The third-order valence-corrected chi connectivity index (χ3v) is 9.03. The fourth-order valence-electron chi connectivity index (χ4n) is 4.68. The Kier molecular flexibility index (Phi) is 6.51. The monoisotopic (exact) mass is 521 g/mol. The van der Waals surface area contributed by atoms with E-state index in [1.807, 2.05) is 26.0 Å². The minimum absolute atomic E-state index is 0.208. The highest BCUT2D eigenvalue weighted by Gasteiger charge is 2.32. The molecule has 4 aromatic rings. The molecule has 0 spiro atoms. The number of thiophene rings is 1. The van der Waals surface area contributed by atoms with Crippen molar-refractivity contribution in [2.24, 2.45) is 0 Å².